The van der Waals surface area contributed by atoms with Gasteiger partial charge in [-0.05, 0) is 75.8 Å². The minimum Gasteiger partial charge on any atom is -0.429 e. The Kier molecular flexibility index (Phi) is 16.6. The Hall–Kier alpha value is -6.37. The average molecular weight is 796 g/mol. The number of amides is 7. The minimum atomic E-state index is -1.09. The van der Waals surface area contributed by atoms with Crippen LogP contribution in [0.4, 0.5) is 21.0 Å². The van der Waals surface area contributed by atoms with Gasteiger partial charge in [0.1, 0.15) is 24.4 Å². The number of carbonyl (C=O) groups is 7. The number of rotatable bonds is 21. The molecule has 0 bridgehead atoms. The van der Waals surface area contributed by atoms with Crippen LogP contribution in [0.5, 0.6) is 5.75 Å². The maximum atomic E-state index is 13.6. The number of hydrogen-bond acceptors (Lipinski definition) is 12. The Labute approximate surface area is 329 Å². The van der Waals surface area contributed by atoms with Gasteiger partial charge in [0.15, 0.2) is 0 Å². The Morgan fingerprint density at radius 1 is 0.895 bits per heavy atom. The summed E-state index contributed by atoms with van der Waals surface area (Å²) in [4.78, 5) is 98.9. The Morgan fingerprint density at radius 3 is 2.11 bits per heavy atom. The van der Waals surface area contributed by atoms with Crippen LogP contribution >= 0.6 is 0 Å². The molecule has 1 aliphatic rings. The minimum absolute atomic E-state index is 0.0261. The fourth-order valence-corrected chi connectivity index (χ4v) is 5.20. The van der Waals surface area contributed by atoms with Gasteiger partial charge < -0.3 is 41.2 Å². The molecule has 57 heavy (non-hydrogen) atoms. The van der Waals surface area contributed by atoms with Crippen molar-refractivity contribution in [3.05, 3.63) is 76.4 Å². The second-order valence-corrected chi connectivity index (χ2v) is 14.2. The Bertz CT molecular complexity index is 1790. The van der Waals surface area contributed by atoms with Crippen LogP contribution in [0.1, 0.15) is 59.4 Å². The van der Waals surface area contributed by atoms with E-state index >= 15 is 0 Å². The molecule has 3 rings (SSSR count). The van der Waals surface area contributed by atoms with E-state index in [1.165, 1.54) is 36.4 Å². The second-order valence-electron chi connectivity index (χ2n) is 14.2. The number of imide groups is 1. The summed E-state index contributed by atoms with van der Waals surface area (Å²) in [5.74, 6) is -2.80. The number of anilines is 1. The van der Waals surface area contributed by atoms with Crippen LogP contribution in [-0.4, -0.2) is 89.4 Å². The highest BCUT2D eigenvalue weighted by Crippen LogP contribution is 2.21. The zero-order chi connectivity index (χ0) is 42.3. The SMILES string of the molecule is CC(CCN1C(=O)C=CC1=O)OCC(C)(C)C(=O)N[C@H](C(=O)N[C@@H](CCCNC(N)=O)C(=O)Nc1ccc(COC(=O)Oc2ccc([N+](=O)[O-])cc2)cc1)C(C)C. The van der Waals surface area contributed by atoms with Crippen molar-refractivity contribution in [3.63, 3.8) is 0 Å². The lowest BCUT2D eigenvalue weighted by molar-refractivity contribution is -0.384. The molecule has 0 radical (unpaired) electrons. The number of benzene rings is 2. The van der Waals surface area contributed by atoms with E-state index in [4.69, 9.17) is 19.9 Å². The molecule has 0 saturated carbocycles. The number of non-ortho nitro benzene ring substituents is 1. The molecule has 308 valence electrons. The molecule has 1 aliphatic heterocycles. The molecule has 7 amide bonds. The lowest BCUT2D eigenvalue weighted by atomic mass is 9.91. The molecule has 2 aromatic rings. The summed E-state index contributed by atoms with van der Waals surface area (Å²) in [6, 6.07) is 8.27. The van der Waals surface area contributed by atoms with E-state index in [-0.39, 0.29) is 50.6 Å². The smallest absolute Gasteiger partial charge is 0.429 e. The number of urea groups is 1. The summed E-state index contributed by atoms with van der Waals surface area (Å²) in [5, 5.41) is 21.5. The number of ether oxygens (including phenoxy) is 3. The zero-order valence-corrected chi connectivity index (χ0v) is 32.4. The predicted molar refractivity (Wildman–Crippen MR) is 204 cm³/mol. The van der Waals surface area contributed by atoms with Crippen molar-refractivity contribution in [3.8, 4) is 5.75 Å². The molecule has 0 aliphatic carbocycles. The van der Waals surface area contributed by atoms with Crippen molar-refractivity contribution in [2.75, 3.05) is 25.0 Å². The van der Waals surface area contributed by atoms with Gasteiger partial charge in [-0.1, -0.05) is 26.0 Å². The largest absolute Gasteiger partial charge is 0.514 e. The summed E-state index contributed by atoms with van der Waals surface area (Å²) in [5.41, 5.74) is 4.80. The van der Waals surface area contributed by atoms with Crippen molar-refractivity contribution < 1.29 is 52.7 Å². The molecule has 0 spiro atoms. The van der Waals surface area contributed by atoms with E-state index in [1.807, 2.05) is 0 Å². The molecule has 3 atom stereocenters. The molecule has 19 heteroatoms. The third kappa shape index (κ3) is 14.7. The molecule has 0 fully saturated rings. The van der Waals surface area contributed by atoms with Crippen LogP contribution in [0.3, 0.4) is 0 Å². The summed E-state index contributed by atoms with van der Waals surface area (Å²) < 4.78 is 16.0. The van der Waals surface area contributed by atoms with E-state index in [1.54, 1.807) is 58.9 Å². The molecular formula is C38H49N7O12. The number of hydrogen-bond donors (Lipinski definition) is 5. The number of nitrogens with one attached hydrogen (secondary N) is 4. The lowest BCUT2D eigenvalue weighted by Gasteiger charge is -2.30. The third-order valence-electron chi connectivity index (χ3n) is 8.67. The maximum Gasteiger partial charge on any atom is 0.514 e. The predicted octanol–water partition coefficient (Wildman–Crippen LogP) is 3.07. The summed E-state index contributed by atoms with van der Waals surface area (Å²) in [7, 11) is 0. The molecule has 19 nitrogen and oxygen atoms in total. The van der Waals surface area contributed by atoms with Gasteiger partial charge in [0.25, 0.3) is 17.5 Å². The molecule has 0 aromatic heterocycles. The quantitative estimate of drug-likeness (QED) is 0.0305. The second kappa shape index (κ2) is 21.1. The van der Waals surface area contributed by atoms with Crippen LogP contribution in [0.25, 0.3) is 0 Å². The van der Waals surface area contributed by atoms with Gasteiger partial charge in [-0.2, -0.15) is 0 Å². The highest BCUT2D eigenvalue weighted by Gasteiger charge is 2.35. The number of carbonyl (C=O) groups excluding carboxylic acids is 7. The molecule has 0 saturated heterocycles. The number of nitrogens with two attached hydrogens (primary N) is 1. The van der Waals surface area contributed by atoms with Gasteiger partial charge in [-0.15, -0.1) is 0 Å². The first-order chi connectivity index (χ1) is 26.9. The van der Waals surface area contributed by atoms with Crippen molar-refractivity contribution in [2.45, 2.75) is 78.7 Å². The van der Waals surface area contributed by atoms with Crippen molar-refractivity contribution in [2.24, 2.45) is 17.1 Å². The number of primary amides is 1. The van der Waals surface area contributed by atoms with Crippen molar-refractivity contribution in [1.82, 2.24) is 20.9 Å². The normalized spacial score (nSPS) is 14.0. The standard InChI is InChI=1S/C38H49N7O12/c1-23(2)32(43-35(50)38(4,5)22-56-24(3)18-20-44-30(46)16-17-31(44)47)34(49)42-29(7-6-19-40-36(39)51)33(48)41-26-10-8-25(9-11-26)21-55-37(52)57-28-14-12-27(13-15-28)45(53)54/h8-17,23-24,29,32H,6-7,18-22H2,1-5H3,(H,41,48)(H,42,49)(H,43,50)(H3,39,40,51)/t24?,29-,32-/m0/s1. The Morgan fingerprint density at radius 2 is 1.53 bits per heavy atom. The van der Waals surface area contributed by atoms with E-state index < -0.39 is 76.2 Å². The molecule has 1 unspecified atom stereocenters. The number of nitro benzene ring substituents is 1. The molecule has 6 N–H and O–H groups in total. The monoisotopic (exact) mass is 795 g/mol. The van der Waals surface area contributed by atoms with Gasteiger partial charge in [0.05, 0.1) is 23.0 Å². The highest BCUT2D eigenvalue weighted by atomic mass is 16.7. The van der Waals surface area contributed by atoms with E-state index in [9.17, 15) is 43.7 Å². The first kappa shape index (κ1) is 45.0. The average Bonchev–Trinajstić information content (AvgIpc) is 3.48. The van der Waals surface area contributed by atoms with Gasteiger partial charge >= 0.3 is 12.2 Å². The fourth-order valence-electron chi connectivity index (χ4n) is 5.20. The van der Waals surface area contributed by atoms with Crippen LogP contribution in [0, 0.1) is 21.4 Å². The van der Waals surface area contributed by atoms with Gasteiger partial charge in [-0.3, -0.25) is 39.0 Å². The first-order valence-corrected chi connectivity index (χ1v) is 18.1. The number of nitrogens with zero attached hydrogens (tertiary/aromatic N) is 2. The zero-order valence-electron chi connectivity index (χ0n) is 32.4. The Balaban J connectivity index is 1.57. The number of nitro groups is 1. The molecule has 1 heterocycles. The van der Waals surface area contributed by atoms with Crippen LogP contribution < -0.4 is 31.7 Å². The maximum absolute atomic E-state index is 13.6. The van der Waals surface area contributed by atoms with Crippen LogP contribution in [-0.2, 0) is 40.1 Å². The van der Waals surface area contributed by atoms with Crippen LogP contribution in [0.15, 0.2) is 60.7 Å². The van der Waals surface area contributed by atoms with E-state index in [0.29, 0.717) is 17.7 Å². The van der Waals surface area contributed by atoms with E-state index in [0.717, 1.165) is 4.90 Å². The fraction of sp³-hybridized carbons (Fsp3) is 0.447. The topological polar surface area (TPSA) is 268 Å². The molecular weight excluding hydrogens is 746 g/mol. The summed E-state index contributed by atoms with van der Waals surface area (Å²) in [6.07, 6.45) is 1.70. The van der Waals surface area contributed by atoms with Gasteiger partial charge in [0.2, 0.25) is 17.7 Å². The van der Waals surface area contributed by atoms with Crippen LogP contribution in [0.2, 0.25) is 0 Å². The van der Waals surface area contributed by atoms with Crippen molar-refractivity contribution >= 4 is 53.1 Å². The summed E-state index contributed by atoms with van der Waals surface area (Å²) in [6.45, 7) is 8.61. The first-order valence-electron chi connectivity index (χ1n) is 18.1. The highest BCUT2D eigenvalue weighted by molar-refractivity contribution is 6.12. The summed E-state index contributed by atoms with van der Waals surface area (Å²) >= 11 is 0. The van der Waals surface area contributed by atoms with Crippen molar-refractivity contribution in [1.29, 1.82) is 0 Å². The van der Waals surface area contributed by atoms with E-state index in [2.05, 4.69) is 21.3 Å². The van der Waals surface area contributed by atoms with Gasteiger partial charge in [0, 0.05) is 43.1 Å². The van der Waals surface area contributed by atoms with Gasteiger partial charge in [-0.25, -0.2) is 9.59 Å². The third-order valence-corrected chi connectivity index (χ3v) is 8.67. The lowest BCUT2D eigenvalue weighted by Crippen LogP contribution is -2.56. The molecule has 2 aromatic carbocycles.